The molecule has 174 valence electrons. The fourth-order valence-electron chi connectivity index (χ4n) is 4.05. The van der Waals surface area contributed by atoms with E-state index in [1.165, 1.54) is 6.20 Å². The quantitative estimate of drug-likeness (QED) is 0.459. The van der Waals surface area contributed by atoms with Crippen molar-refractivity contribution in [3.63, 3.8) is 0 Å². The molecule has 0 bridgehead atoms. The summed E-state index contributed by atoms with van der Waals surface area (Å²) < 4.78 is 4.70. The highest BCUT2D eigenvalue weighted by molar-refractivity contribution is 5.66. The molecule has 1 aromatic carbocycles. The number of rotatable bonds is 6. The van der Waals surface area contributed by atoms with Crippen molar-refractivity contribution in [1.82, 2.24) is 15.0 Å². The lowest BCUT2D eigenvalue weighted by Gasteiger charge is -2.33. The molecule has 10 nitrogen and oxygen atoms in total. The van der Waals surface area contributed by atoms with E-state index >= 15 is 0 Å². The standard InChI is InChI=1S/C24H25N7O3/c1-15-9-17(12-25)10-16(2)22(15)29-21-3-6-27-23(30-21)28-18-4-7-31(8-5-18)19-11-20(14-26-13-19)34-24(32)33/h3,6,9-11,13-14,18H,4-5,7-8H2,1-2H3,(H,32,33)(H2,27,28,29,30). The molecule has 0 amide bonds. The smallest absolute Gasteiger partial charge is 0.449 e. The molecule has 0 spiro atoms. The Morgan fingerprint density at radius 3 is 2.62 bits per heavy atom. The third-order valence-corrected chi connectivity index (χ3v) is 5.67. The molecule has 34 heavy (non-hydrogen) atoms. The number of nitriles is 1. The maximum Gasteiger partial charge on any atom is 0.511 e. The van der Waals surface area contributed by atoms with Gasteiger partial charge in [-0.15, -0.1) is 0 Å². The fourth-order valence-corrected chi connectivity index (χ4v) is 4.05. The highest BCUT2D eigenvalue weighted by atomic mass is 16.7. The van der Waals surface area contributed by atoms with Crippen molar-refractivity contribution in [3.05, 3.63) is 59.5 Å². The Labute approximate surface area is 197 Å². The van der Waals surface area contributed by atoms with Gasteiger partial charge in [0, 0.05) is 37.1 Å². The first kappa shape index (κ1) is 22.8. The Morgan fingerprint density at radius 2 is 1.94 bits per heavy atom. The van der Waals surface area contributed by atoms with Gasteiger partial charge in [-0.1, -0.05) is 0 Å². The van der Waals surface area contributed by atoms with Gasteiger partial charge in [-0.05, 0) is 56.0 Å². The van der Waals surface area contributed by atoms with Crippen molar-refractivity contribution in [2.75, 3.05) is 28.6 Å². The molecule has 1 aliphatic heterocycles. The predicted octanol–water partition coefficient (Wildman–Crippen LogP) is 4.24. The maximum atomic E-state index is 10.8. The van der Waals surface area contributed by atoms with Crippen LogP contribution in [0, 0.1) is 25.2 Å². The van der Waals surface area contributed by atoms with Crippen LogP contribution >= 0.6 is 0 Å². The maximum absolute atomic E-state index is 10.8. The van der Waals surface area contributed by atoms with Gasteiger partial charge in [-0.3, -0.25) is 4.98 Å². The summed E-state index contributed by atoms with van der Waals surface area (Å²) in [6.07, 6.45) is 5.15. The summed E-state index contributed by atoms with van der Waals surface area (Å²) >= 11 is 0. The van der Waals surface area contributed by atoms with E-state index in [0.29, 0.717) is 17.3 Å². The van der Waals surface area contributed by atoms with Crippen LogP contribution < -0.4 is 20.3 Å². The van der Waals surface area contributed by atoms with Crippen LogP contribution in [0.3, 0.4) is 0 Å². The average molecular weight is 460 g/mol. The van der Waals surface area contributed by atoms with Crippen LogP contribution in [0.2, 0.25) is 0 Å². The van der Waals surface area contributed by atoms with E-state index in [2.05, 4.69) is 36.6 Å². The number of pyridine rings is 1. The van der Waals surface area contributed by atoms with Crippen LogP contribution in [-0.4, -0.2) is 45.3 Å². The molecule has 3 heterocycles. The van der Waals surface area contributed by atoms with Crippen molar-refractivity contribution in [3.8, 4) is 11.8 Å². The molecule has 0 unspecified atom stereocenters. The van der Waals surface area contributed by atoms with E-state index in [0.717, 1.165) is 48.4 Å². The largest absolute Gasteiger partial charge is 0.511 e. The summed E-state index contributed by atoms with van der Waals surface area (Å²) in [5.74, 6) is 1.42. The number of piperidine rings is 1. The highest BCUT2D eigenvalue weighted by Gasteiger charge is 2.21. The second-order valence-corrected chi connectivity index (χ2v) is 8.14. The van der Waals surface area contributed by atoms with Gasteiger partial charge < -0.3 is 25.4 Å². The van der Waals surface area contributed by atoms with Gasteiger partial charge in [0.1, 0.15) is 5.82 Å². The molecule has 0 radical (unpaired) electrons. The van der Waals surface area contributed by atoms with E-state index in [1.807, 2.05) is 32.0 Å². The van der Waals surface area contributed by atoms with E-state index in [1.54, 1.807) is 18.5 Å². The molecular weight excluding hydrogens is 434 g/mol. The Hall–Kier alpha value is -4.39. The Morgan fingerprint density at radius 1 is 1.21 bits per heavy atom. The molecule has 1 aliphatic rings. The molecule has 1 saturated heterocycles. The van der Waals surface area contributed by atoms with Crippen molar-refractivity contribution in [1.29, 1.82) is 5.26 Å². The topological polar surface area (TPSA) is 136 Å². The fraction of sp³-hybridized carbons (Fsp3) is 0.292. The van der Waals surface area contributed by atoms with Gasteiger partial charge in [0.15, 0.2) is 5.75 Å². The number of hydrogen-bond acceptors (Lipinski definition) is 9. The van der Waals surface area contributed by atoms with Gasteiger partial charge in [-0.2, -0.15) is 10.2 Å². The van der Waals surface area contributed by atoms with Crippen LogP contribution in [0.5, 0.6) is 5.75 Å². The molecule has 1 fully saturated rings. The number of carboxylic acid groups (broad SMARTS) is 1. The lowest BCUT2D eigenvalue weighted by molar-refractivity contribution is 0.144. The second-order valence-electron chi connectivity index (χ2n) is 8.14. The van der Waals surface area contributed by atoms with Crippen molar-refractivity contribution in [2.24, 2.45) is 0 Å². The van der Waals surface area contributed by atoms with Gasteiger partial charge in [0.05, 0.1) is 29.7 Å². The lowest BCUT2D eigenvalue weighted by Crippen LogP contribution is -2.39. The van der Waals surface area contributed by atoms with Crippen LogP contribution in [0.25, 0.3) is 0 Å². The molecule has 10 heteroatoms. The van der Waals surface area contributed by atoms with Gasteiger partial charge in [0.25, 0.3) is 0 Å². The molecule has 3 N–H and O–H groups in total. The summed E-state index contributed by atoms with van der Waals surface area (Å²) in [4.78, 5) is 26.0. The molecule has 2 aromatic heterocycles. The Balaban J connectivity index is 1.37. The van der Waals surface area contributed by atoms with E-state index < -0.39 is 6.16 Å². The molecule has 3 aromatic rings. The minimum Gasteiger partial charge on any atom is -0.449 e. The zero-order valence-corrected chi connectivity index (χ0v) is 18.9. The van der Waals surface area contributed by atoms with Crippen molar-refractivity contribution >= 4 is 29.3 Å². The molecule has 0 aliphatic carbocycles. The normalized spacial score (nSPS) is 13.7. The van der Waals surface area contributed by atoms with Crippen LogP contribution in [-0.2, 0) is 0 Å². The Bertz CT molecular complexity index is 1210. The van der Waals surface area contributed by atoms with Crippen LogP contribution in [0.15, 0.2) is 42.9 Å². The number of aryl methyl sites for hydroxylation is 2. The molecule has 4 rings (SSSR count). The Kier molecular flexibility index (Phi) is 6.73. The third-order valence-electron chi connectivity index (χ3n) is 5.67. The zero-order chi connectivity index (χ0) is 24.1. The average Bonchev–Trinajstić information content (AvgIpc) is 2.82. The first-order valence-corrected chi connectivity index (χ1v) is 10.9. The number of nitrogens with zero attached hydrogens (tertiary/aromatic N) is 5. The highest BCUT2D eigenvalue weighted by Crippen LogP contribution is 2.27. The SMILES string of the molecule is Cc1cc(C#N)cc(C)c1Nc1ccnc(NC2CCN(c3cncc(OC(=O)O)c3)CC2)n1. The molecule has 0 atom stereocenters. The van der Waals surface area contributed by atoms with Gasteiger partial charge >= 0.3 is 6.16 Å². The van der Waals surface area contributed by atoms with Gasteiger partial charge in [0.2, 0.25) is 5.95 Å². The monoisotopic (exact) mass is 459 g/mol. The lowest BCUT2D eigenvalue weighted by atomic mass is 10.0. The number of benzene rings is 1. The minimum atomic E-state index is -1.36. The summed E-state index contributed by atoms with van der Waals surface area (Å²) in [5.41, 5.74) is 4.34. The number of carbonyl (C=O) groups is 1. The summed E-state index contributed by atoms with van der Waals surface area (Å²) in [6.45, 7) is 5.47. The van der Waals surface area contributed by atoms with Crippen molar-refractivity contribution in [2.45, 2.75) is 32.7 Å². The summed E-state index contributed by atoms with van der Waals surface area (Å²) in [5, 5.41) is 24.7. The molecule has 0 saturated carbocycles. The number of ether oxygens (including phenoxy) is 1. The first-order chi connectivity index (χ1) is 16.4. The van der Waals surface area contributed by atoms with E-state index in [-0.39, 0.29) is 11.8 Å². The molecular formula is C24H25N7O3. The van der Waals surface area contributed by atoms with E-state index in [9.17, 15) is 4.79 Å². The van der Waals surface area contributed by atoms with Crippen LogP contribution in [0.4, 0.5) is 27.9 Å². The predicted molar refractivity (Wildman–Crippen MR) is 128 cm³/mol. The second kappa shape index (κ2) is 10.0. The zero-order valence-electron chi connectivity index (χ0n) is 18.9. The van der Waals surface area contributed by atoms with Crippen LogP contribution in [0.1, 0.15) is 29.5 Å². The first-order valence-electron chi connectivity index (χ1n) is 10.9. The number of aromatic nitrogens is 3. The summed E-state index contributed by atoms with van der Waals surface area (Å²) in [6, 6.07) is 9.57. The minimum absolute atomic E-state index is 0.204. The number of nitrogens with one attached hydrogen (secondary N) is 2. The van der Waals surface area contributed by atoms with Gasteiger partial charge in [-0.25, -0.2) is 9.78 Å². The number of anilines is 4. The van der Waals surface area contributed by atoms with Crippen molar-refractivity contribution < 1.29 is 14.6 Å². The van der Waals surface area contributed by atoms with E-state index in [4.69, 9.17) is 15.1 Å². The summed E-state index contributed by atoms with van der Waals surface area (Å²) in [7, 11) is 0. The number of hydrogen-bond donors (Lipinski definition) is 3. The third kappa shape index (κ3) is 5.50.